The third kappa shape index (κ3) is 6.88. The zero-order valence-corrected chi connectivity index (χ0v) is 24.0. The van der Waals surface area contributed by atoms with E-state index < -0.39 is 34.3 Å². The van der Waals surface area contributed by atoms with Crippen LogP contribution in [0.1, 0.15) is 49.3 Å². The minimum absolute atomic E-state index is 0.0183. The lowest BCUT2D eigenvalue weighted by atomic mass is 10.1. The van der Waals surface area contributed by atoms with Crippen LogP contribution in [-0.4, -0.2) is 43.8 Å². The Morgan fingerprint density at radius 3 is 2.25 bits per heavy atom. The molecule has 1 N–H and O–H groups in total. The normalized spacial score (nSPS) is 14.5. The van der Waals surface area contributed by atoms with Crippen LogP contribution in [0.15, 0.2) is 77.7 Å². The monoisotopic (exact) mass is 565 g/mol. The summed E-state index contributed by atoms with van der Waals surface area (Å²) in [6.45, 7) is 4.86. The summed E-state index contributed by atoms with van der Waals surface area (Å²) < 4.78 is 42.5. The molecule has 0 aliphatic heterocycles. The number of rotatable bonds is 10. The Bertz CT molecular complexity index is 1440. The Kier molecular flexibility index (Phi) is 9.25. The van der Waals surface area contributed by atoms with E-state index in [-0.39, 0.29) is 23.4 Å². The van der Waals surface area contributed by atoms with Crippen molar-refractivity contribution in [2.75, 3.05) is 10.8 Å². The van der Waals surface area contributed by atoms with Crippen LogP contribution in [0.5, 0.6) is 0 Å². The first-order valence-electron chi connectivity index (χ1n) is 13.6. The second kappa shape index (κ2) is 12.6. The second-order valence-corrected chi connectivity index (χ2v) is 12.3. The van der Waals surface area contributed by atoms with Crippen molar-refractivity contribution in [1.82, 2.24) is 10.2 Å². The summed E-state index contributed by atoms with van der Waals surface area (Å²) in [5.74, 6) is -1.26. The first-order chi connectivity index (χ1) is 19.1. The van der Waals surface area contributed by atoms with Gasteiger partial charge in [-0.25, -0.2) is 12.8 Å². The van der Waals surface area contributed by atoms with E-state index in [2.05, 4.69) is 5.32 Å². The molecule has 0 saturated heterocycles. The van der Waals surface area contributed by atoms with Crippen LogP contribution in [-0.2, 0) is 26.2 Å². The summed E-state index contributed by atoms with van der Waals surface area (Å²) in [6.07, 6.45) is 3.86. The molecular weight excluding hydrogens is 529 g/mol. The van der Waals surface area contributed by atoms with Crippen molar-refractivity contribution in [1.29, 1.82) is 0 Å². The zero-order valence-electron chi connectivity index (χ0n) is 23.1. The minimum Gasteiger partial charge on any atom is -0.352 e. The molecule has 3 aromatic carbocycles. The smallest absolute Gasteiger partial charge is 0.264 e. The summed E-state index contributed by atoms with van der Waals surface area (Å²) in [7, 11) is -4.13. The van der Waals surface area contributed by atoms with E-state index in [1.54, 1.807) is 56.3 Å². The van der Waals surface area contributed by atoms with Gasteiger partial charge < -0.3 is 10.2 Å². The third-order valence-electron chi connectivity index (χ3n) is 7.37. The van der Waals surface area contributed by atoms with Crippen molar-refractivity contribution in [3.8, 4) is 0 Å². The fourth-order valence-electron chi connectivity index (χ4n) is 5.08. The van der Waals surface area contributed by atoms with Crippen molar-refractivity contribution in [3.63, 3.8) is 0 Å². The van der Waals surface area contributed by atoms with Crippen LogP contribution in [0.25, 0.3) is 0 Å². The number of benzene rings is 3. The Balaban J connectivity index is 1.70. The number of nitrogens with one attached hydrogen (secondary N) is 1. The maximum atomic E-state index is 14.0. The Morgan fingerprint density at radius 1 is 0.975 bits per heavy atom. The highest BCUT2D eigenvalue weighted by Crippen LogP contribution is 2.28. The third-order valence-corrected chi connectivity index (χ3v) is 9.14. The van der Waals surface area contributed by atoms with Gasteiger partial charge in [0.25, 0.3) is 10.0 Å². The number of carbonyl (C=O) groups excluding carboxylic acids is 2. The van der Waals surface area contributed by atoms with Gasteiger partial charge in [-0.1, -0.05) is 60.9 Å². The number of hydrogen-bond acceptors (Lipinski definition) is 4. The number of amides is 2. The molecular formula is C31H36FN3O4S. The lowest BCUT2D eigenvalue weighted by molar-refractivity contribution is -0.139. The molecule has 1 aliphatic carbocycles. The van der Waals surface area contributed by atoms with Gasteiger partial charge in [0.15, 0.2) is 0 Å². The molecule has 0 aromatic heterocycles. The number of anilines is 1. The van der Waals surface area contributed by atoms with Crippen LogP contribution >= 0.6 is 0 Å². The number of halogens is 1. The SMILES string of the molecule is Cc1ccc(N(CC(=O)N(Cc2ccc(F)cc2)[C@@H](C)C(=O)NC2CCCC2)S(=O)(=O)c2ccccc2)c(C)c1. The summed E-state index contributed by atoms with van der Waals surface area (Å²) >= 11 is 0. The molecule has 2 amide bonds. The van der Waals surface area contributed by atoms with Crippen LogP contribution in [0.2, 0.25) is 0 Å². The van der Waals surface area contributed by atoms with Gasteiger partial charge in [-0.2, -0.15) is 0 Å². The van der Waals surface area contributed by atoms with E-state index in [4.69, 9.17) is 0 Å². The fraction of sp³-hybridized carbons (Fsp3) is 0.355. The van der Waals surface area contributed by atoms with E-state index in [1.165, 1.54) is 29.2 Å². The molecule has 212 valence electrons. The largest absolute Gasteiger partial charge is 0.352 e. The number of carbonyl (C=O) groups is 2. The molecule has 40 heavy (non-hydrogen) atoms. The molecule has 4 rings (SSSR count). The molecule has 0 bridgehead atoms. The molecule has 1 saturated carbocycles. The Labute approximate surface area is 236 Å². The number of aryl methyl sites for hydroxylation is 2. The standard InChI is InChI=1S/C31H36FN3O4S/c1-22-13-18-29(23(2)19-22)35(40(38,39)28-11-5-4-6-12-28)21-30(36)34(20-25-14-16-26(32)17-15-25)24(3)31(37)33-27-9-7-8-10-27/h4-6,11-19,24,27H,7-10,20-21H2,1-3H3,(H,33,37)/t24-/m0/s1. The zero-order chi connectivity index (χ0) is 28.9. The highest BCUT2D eigenvalue weighted by Gasteiger charge is 2.33. The van der Waals surface area contributed by atoms with Gasteiger partial charge in [-0.05, 0) is 75.1 Å². The topological polar surface area (TPSA) is 86.8 Å². The average molecular weight is 566 g/mol. The van der Waals surface area contributed by atoms with Crippen LogP contribution < -0.4 is 9.62 Å². The number of hydrogen-bond donors (Lipinski definition) is 1. The van der Waals surface area contributed by atoms with Crippen molar-refractivity contribution in [2.45, 2.75) is 70.0 Å². The Hall–Kier alpha value is -3.72. The van der Waals surface area contributed by atoms with Crippen molar-refractivity contribution in [3.05, 3.63) is 95.3 Å². The second-order valence-electron chi connectivity index (χ2n) is 10.4. The molecule has 0 heterocycles. The molecule has 0 spiro atoms. The average Bonchev–Trinajstić information content (AvgIpc) is 3.45. The predicted octanol–water partition coefficient (Wildman–Crippen LogP) is 5.11. The number of nitrogens with zero attached hydrogens (tertiary/aromatic N) is 2. The van der Waals surface area contributed by atoms with E-state index in [1.807, 2.05) is 13.0 Å². The molecule has 3 aromatic rings. The lowest BCUT2D eigenvalue weighted by Crippen LogP contribution is -2.52. The van der Waals surface area contributed by atoms with E-state index in [0.717, 1.165) is 35.6 Å². The highest BCUT2D eigenvalue weighted by molar-refractivity contribution is 7.92. The maximum Gasteiger partial charge on any atom is 0.264 e. The van der Waals surface area contributed by atoms with E-state index >= 15 is 0 Å². The quantitative estimate of drug-likeness (QED) is 0.370. The molecule has 9 heteroatoms. The van der Waals surface area contributed by atoms with E-state index in [0.29, 0.717) is 16.8 Å². The van der Waals surface area contributed by atoms with Gasteiger partial charge in [0.2, 0.25) is 11.8 Å². The van der Waals surface area contributed by atoms with Gasteiger partial charge in [0.1, 0.15) is 18.4 Å². The first-order valence-corrected chi connectivity index (χ1v) is 15.0. The summed E-state index contributed by atoms with van der Waals surface area (Å²) in [6, 6.07) is 18.2. The minimum atomic E-state index is -4.13. The first kappa shape index (κ1) is 29.3. The van der Waals surface area contributed by atoms with Gasteiger partial charge in [-0.15, -0.1) is 0 Å². The molecule has 0 radical (unpaired) electrons. The van der Waals surface area contributed by atoms with E-state index in [9.17, 15) is 22.4 Å². The van der Waals surface area contributed by atoms with Crippen LogP contribution in [0, 0.1) is 19.7 Å². The molecule has 1 atom stereocenters. The molecule has 7 nitrogen and oxygen atoms in total. The van der Waals surface area contributed by atoms with Gasteiger partial charge >= 0.3 is 0 Å². The highest BCUT2D eigenvalue weighted by atomic mass is 32.2. The van der Waals surface area contributed by atoms with Crippen molar-refractivity contribution >= 4 is 27.5 Å². The molecule has 1 aliphatic rings. The van der Waals surface area contributed by atoms with Gasteiger partial charge in [0.05, 0.1) is 10.6 Å². The lowest BCUT2D eigenvalue weighted by Gasteiger charge is -2.33. The molecule has 1 fully saturated rings. The summed E-state index contributed by atoms with van der Waals surface area (Å²) in [4.78, 5) is 28.7. The van der Waals surface area contributed by atoms with Crippen molar-refractivity contribution < 1.29 is 22.4 Å². The van der Waals surface area contributed by atoms with Crippen molar-refractivity contribution in [2.24, 2.45) is 0 Å². The molecule has 0 unspecified atom stereocenters. The number of sulfonamides is 1. The maximum absolute atomic E-state index is 14.0. The summed E-state index contributed by atoms with van der Waals surface area (Å²) in [5, 5.41) is 3.04. The van der Waals surface area contributed by atoms with Gasteiger partial charge in [0, 0.05) is 12.6 Å². The summed E-state index contributed by atoms with van der Waals surface area (Å²) in [5.41, 5.74) is 2.66. The predicted molar refractivity (Wildman–Crippen MR) is 154 cm³/mol. The van der Waals surface area contributed by atoms with Crippen LogP contribution in [0.3, 0.4) is 0 Å². The Morgan fingerprint density at radius 2 is 1.62 bits per heavy atom. The van der Waals surface area contributed by atoms with Crippen LogP contribution in [0.4, 0.5) is 10.1 Å². The fourth-order valence-corrected chi connectivity index (χ4v) is 6.58. The van der Waals surface area contributed by atoms with Gasteiger partial charge in [-0.3, -0.25) is 13.9 Å².